The van der Waals surface area contributed by atoms with Crippen LogP contribution in [0, 0.1) is 5.92 Å². The number of nitrogens with one attached hydrogen (secondary N) is 1. The number of hydrogen-bond donors (Lipinski definition) is 4. The Balaban J connectivity index is 1.68. The lowest BCUT2D eigenvalue weighted by Crippen LogP contribution is -2.47. The van der Waals surface area contributed by atoms with Crippen LogP contribution in [0.3, 0.4) is 0 Å². The summed E-state index contributed by atoms with van der Waals surface area (Å²) in [5.41, 5.74) is 5.45. The van der Waals surface area contributed by atoms with Gasteiger partial charge in [-0.15, -0.1) is 11.8 Å². The van der Waals surface area contributed by atoms with Gasteiger partial charge in [-0.3, -0.25) is 9.32 Å². The minimum atomic E-state index is -4.21. The van der Waals surface area contributed by atoms with Crippen molar-refractivity contribution >= 4 is 37.8 Å². The molecule has 5 N–H and O–H groups in total. The van der Waals surface area contributed by atoms with Crippen LogP contribution in [0.4, 0.5) is 4.39 Å². The number of esters is 1. The molecule has 0 radical (unpaired) electrons. The number of para-hydroxylation sites is 1. The number of hydrogen-bond acceptors (Lipinski definition) is 12. The average Bonchev–Trinajstić information content (AvgIpc) is 3.17. The van der Waals surface area contributed by atoms with E-state index in [1.165, 1.54) is 6.92 Å². The Labute approximate surface area is 225 Å². The molecule has 7 atom stereocenters. The van der Waals surface area contributed by atoms with E-state index in [-0.39, 0.29) is 24.2 Å². The highest BCUT2D eigenvalue weighted by Gasteiger charge is 2.49. The average molecular weight is 576 g/mol. The summed E-state index contributed by atoms with van der Waals surface area (Å²) in [5, 5.41) is 21.3. The largest absolute Gasteiger partial charge is 0.464 e. The highest BCUT2D eigenvalue weighted by molar-refractivity contribution is 8.00. The van der Waals surface area contributed by atoms with Crippen molar-refractivity contribution in [1.29, 1.82) is 0 Å². The Morgan fingerprint density at radius 1 is 1.29 bits per heavy atom. The third-order valence-corrected chi connectivity index (χ3v) is 9.31. The Morgan fingerprint density at radius 3 is 2.61 bits per heavy atom. The van der Waals surface area contributed by atoms with Gasteiger partial charge < -0.3 is 30.1 Å². The lowest BCUT2D eigenvalue weighted by atomic mass is 10.1. The number of alkyl halides is 1. The first-order chi connectivity index (χ1) is 18.1. The zero-order valence-corrected chi connectivity index (χ0v) is 23.1. The van der Waals surface area contributed by atoms with E-state index < -0.39 is 55.6 Å². The normalized spacial score (nSPS) is 27.6. The molecule has 212 valence electrons. The van der Waals surface area contributed by atoms with Crippen LogP contribution in [-0.4, -0.2) is 81.9 Å². The van der Waals surface area contributed by atoms with Gasteiger partial charge in [0.15, 0.2) is 6.17 Å². The first-order valence-corrected chi connectivity index (χ1v) is 14.8. The number of ether oxygens (including phenoxy) is 1. The fourth-order valence-electron chi connectivity index (χ4n) is 3.70. The van der Waals surface area contributed by atoms with Gasteiger partial charge in [0.25, 0.3) is 0 Å². The van der Waals surface area contributed by atoms with Crippen LogP contribution in [-0.2, 0) is 18.6 Å². The van der Waals surface area contributed by atoms with E-state index in [1.54, 1.807) is 30.3 Å². The second-order valence-electron chi connectivity index (χ2n) is 8.89. The first-order valence-electron chi connectivity index (χ1n) is 12.3. The summed E-state index contributed by atoms with van der Waals surface area (Å²) < 4.78 is 45.3. The SMILES string of the molecule is CCC(CC)COC(=O)[C@H](C)NP(=O)(OC[C@H]1S[C@@H](N2C=NC(N)=NC2O)C(F)[C@H]1O)Oc1ccccc1. The monoisotopic (exact) mass is 575 g/mol. The zero-order chi connectivity index (χ0) is 27.9. The van der Waals surface area contributed by atoms with E-state index in [2.05, 4.69) is 15.1 Å². The van der Waals surface area contributed by atoms with Gasteiger partial charge in [-0.2, -0.15) is 10.1 Å². The van der Waals surface area contributed by atoms with E-state index in [1.807, 2.05) is 13.8 Å². The number of carbonyl (C=O) groups excluding carboxylic acids is 1. The molecule has 2 aliphatic rings. The first kappa shape index (κ1) is 30.3. The molecule has 3 rings (SSSR count). The van der Waals surface area contributed by atoms with Gasteiger partial charge in [-0.25, -0.2) is 13.9 Å². The number of thioether (sulfide) groups is 1. The van der Waals surface area contributed by atoms with E-state index >= 15 is 0 Å². The van der Waals surface area contributed by atoms with Crippen LogP contribution in [0.15, 0.2) is 40.3 Å². The van der Waals surface area contributed by atoms with Gasteiger partial charge in [0.1, 0.15) is 23.3 Å². The van der Waals surface area contributed by atoms with Crippen molar-refractivity contribution in [2.75, 3.05) is 13.2 Å². The Kier molecular flexibility index (Phi) is 10.9. The van der Waals surface area contributed by atoms with Gasteiger partial charge >= 0.3 is 13.7 Å². The highest BCUT2D eigenvalue weighted by atomic mass is 32.2. The van der Waals surface area contributed by atoms with Crippen molar-refractivity contribution in [1.82, 2.24) is 9.99 Å². The summed E-state index contributed by atoms with van der Waals surface area (Å²) in [7, 11) is -4.21. The molecule has 2 heterocycles. The van der Waals surface area contributed by atoms with E-state index in [9.17, 15) is 24.0 Å². The third kappa shape index (κ3) is 7.90. The molecule has 0 saturated carbocycles. The maximum absolute atomic E-state index is 15.0. The molecule has 1 aromatic carbocycles. The van der Waals surface area contributed by atoms with Crippen LogP contribution in [0.25, 0.3) is 0 Å². The topological polar surface area (TPSA) is 168 Å². The molecular weight excluding hydrogens is 540 g/mol. The van der Waals surface area contributed by atoms with Gasteiger partial charge in [-0.1, -0.05) is 44.9 Å². The van der Waals surface area contributed by atoms with E-state index in [0.29, 0.717) is 0 Å². The second-order valence-corrected chi connectivity index (χ2v) is 11.9. The molecule has 38 heavy (non-hydrogen) atoms. The fraction of sp³-hybridized carbons (Fsp3) is 0.609. The zero-order valence-electron chi connectivity index (χ0n) is 21.4. The Morgan fingerprint density at radius 2 is 1.97 bits per heavy atom. The predicted molar refractivity (Wildman–Crippen MR) is 142 cm³/mol. The standard InChI is InChI=1S/C23H35FN5O7PS/c1-4-15(5-2)11-34-21(31)14(3)28-37(33,36-16-9-7-6-8-10-16)35-12-17-19(30)18(24)20(38-17)29-13-26-22(25)27-23(29)32/h6-10,13-15,17-20,23,30,32H,4-5,11-12H2,1-3H3,(H2,25,27)(H,28,33)/t14-,17+,18?,19-,20+,23?,37?/m0/s1. The molecule has 0 aromatic heterocycles. The number of nitrogens with zero attached hydrogens (tertiary/aromatic N) is 3. The Bertz CT molecular complexity index is 1030. The van der Waals surface area contributed by atoms with Crippen LogP contribution in [0.1, 0.15) is 33.6 Å². The highest BCUT2D eigenvalue weighted by Crippen LogP contribution is 2.47. The van der Waals surface area contributed by atoms with Gasteiger partial charge in [0.2, 0.25) is 12.3 Å². The van der Waals surface area contributed by atoms with E-state index in [4.69, 9.17) is 19.5 Å². The van der Waals surface area contributed by atoms with Crippen molar-refractivity contribution in [2.45, 2.75) is 68.9 Å². The molecule has 3 unspecified atom stereocenters. The second kappa shape index (κ2) is 13.7. The van der Waals surface area contributed by atoms with E-state index in [0.717, 1.165) is 35.8 Å². The quantitative estimate of drug-likeness (QED) is 0.201. The number of benzene rings is 1. The molecule has 0 bridgehead atoms. The molecule has 1 saturated heterocycles. The number of aliphatic imine (C=N–C) groups is 2. The van der Waals surface area contributed by atoms with Crippen LogP contribution < -0.4 is 15.3 Å². The molecule has 0 amide bonds. The number of halogens is 1. The number of aliphatic hydroxyl groups excluding tert-OH is 2. The van der Waals surface area contributed by atoms with Crippen LogP contribution in [0.2, 0.25) is 0 Å². The van der Waals surface area contributed by atoms with Gasteiger partial charge in [0.05, 0.1) is 24.8 Å². The van der Waals surface area contributed by atoms with Gasteiger partial charge in [-0.05, 0) is 25.0 Å². The summed E-state index contributed by atoms with van der Waals surface area (Å²) >= 11 is 0.945. The maximum Gasteiger partial charge on any atom is 0.459 e. The number of carbonyl (C=O) groups is 1. The lowest BCUT2D eigenvalue weighted by Gasteiger charge is -2.31. The third-order valence-electron chi connectivity index (χ3n) is 6.12. The smallest absolute Gasteiger partial charge is 0.459 e. The molecule has 2 aliphatic heterocycles. The summed E-state index contributed by atoms with van der Waals surface area (Å²) in [6.07, 6.45) is -1.97. The van der Waals surface area contributed by atoms with Crippen molar-refractivity contribution in [2.24, 2.45) is 21.6 Å². The van der Waals surface area contributed by atoms with Crippen LogP contribution >= 0.6 is 19.5 Å². The molecule has 0 aliphatic carbocycles. The van der Waals surface area contributed by atoms with Crippen LogP contribution in [0.5, 0.6) is 5.75 Å². The molecule has 1 aromatic rings. The van der Waals surface area contributed by atoms with Crippen molar-refractivity contribution in [3.8, 4) is 5.75 Å². The van der Waals surface area contributed by atoms with Crippen molar-refractivity contribution in [3.05, 3.63) is 30.3 Å². The molecule has 1 fully saturated rings. The lowest BCUT2D eigenvalue weighted by molar-refractivity contribution is -0.146. The minimum Gasteiger partial charge on any atom is -0.464 e. The fourth-order valence-corrected chi connectivity index (χ4v) is 6.75. The summed E-state index contributed by atoms with van der Waals surface area (Å²) in [4.78, 5) is 21.1. The summed E-state index contributed by atoms with van der Waals surface area (Å²) in [6, 6.07) is 7.15. The molecule has 12 nitrogen and oxygen atoms in total. The minimum absolute atomic E-state index is 0.162. The number of nitrogens with two attached hydrogens (primary N) is 1. The maximum atomic E-state index is 15.0. The summed E-state index contributed by atoms with van der Waals surface area (Å²) in [5.74, 6) is -0.368. The predicted octanol–water partition coefficient (Wildman–Crippen LogP) is 2.22. The molecular formula is C23H35FN5O7PS. The van der Waals surface area contributed by atoms with Crippen molar-refractivity contribution < 1.29 is 37.7 Å². The number of guanidine groups is 1. The molecule has 15 heteroatoms. The number of aliphatic hydroxyl groups is 2. The number of rotatable bonds is 13. The Hall–Kier alpha value is -2.22. The summed E-state index contributed by atoms with van der Waals surface area (Å²) in [6.45, 7) is 5.30. The van der Waals surface area contributed by atoms with Crippen molar-refractivity contribution in [3.63, 3.8) is 0 Å². The van der Waals surface area contributed by atoms with Gasteiger partial charge in [0, 0.05) is 0 Å². The molecule has 0 spiro atoms.